The number of nitrogens with one attached hydrogen (secondary N) is 2. The summed E-state index contributed by atoms with van der Waals surface area (Å²) >= 11 is 0. The Kier molecular flexibility index (Phi) is 5.84. The molecule has 1 saturated heterocycles. The van der Waals surface area contributed by atoms with E-state index < -0.39 is 29.7 Å². The third kappa shape index (κ3) is 3.79. The molecule has 0 unspecified atom stereocenters. The first-order chi connectivity index (χ1) is 13.4. The van der Waals surface area contributed by atoms with E-state index in [4.69, 9.17) is 5.73 Å². The Labute approximate surface area is 161 Å². The molecule has 3 rings (SSSR count). The largest absolute Gasteiger partial charge is 0.330 e. The minimum Gasteiger partial charge on any atom is -0.330 e. The number of hydrogen-bond donors (Lipinski definition) is 3. The minimum absolute atomic E-state index is 0.0518. The van der Waals surface area contributed by atoms with Gasteiger partial charge in [0.15, 0.2) is 0 Å². The molecule has 1 aromatic rings. The van der Waals surface area contributed by atoms with Crippen LogP contribution in [-0.4, -0.2) is 47.0 Å². The summed E-state index contributed by atoms with van der Waals surface area (Å²) in [6, 6.07) is 3.57. The molecule has 0 aliphatic carbocycles. The maximum atomic E-state index is 12.9. The maximum absolute atomic E-state index is 12.9. The highest BCUT2D eigenvalue weighted by Crippen LogP contribution is 2.32. The quantitative estimate of drug-likeness (QED) is 0.462. The summed E-state index contributed by atoms with van der Waals surface area (Å²) in [5.74, 6) is -2.61. The average Bonchev–Trinajstić information content (AvgIpc) is 2.91. The molecule has 1 aromatic carbocycles. The van der Waals surface area contributed by atoms with E-state index in [0.717, 1.165) is 17.7 Å². The average molecular weight is 386 g/mol. The van der Waals surface area contributed by atoms with Crippen LogP contribution in [0.2, 0.25) is 0 Å². The van der Waals surface area contributed by atoms with E-state index >= 15 is 0 Å². The number of carbonyl (C=O) groups is 5. The van der Waals surface area contributed by atoms with Gasteiger partial charge in [0.1, 0.15) is 6.04 Å². The summed E-state index contributed by atoms with van der Waals surface area (Å²) in [6.07, 6.45) is 2.75. The van der Waals surface area contributed by atoms with Crippen LogP contribution < -0.4 is 16.4 Å². The molecule has 0 spiro atoms. The Hall–Kier alpha value is -3.07. The first-order valence-electron chi connectivity index (χ1n) is 9.28. The number of amides is 5. The Balaban J connectivity index is 1.77. The molecule has 9 nitrogen and oxygen atoms in total. The van der Waals surface area contributed by atoms with Gasteiger partial charge in [-0.05, 0) is 37.9 Å². The summed E-state index contributed by atoms with van der Waals surface area (Å²) in [6.45, 7) is 0.570. The van der Waals surface area contributed by atoms with Gasteiger partial charge in [-0.25, -0.2) is 0 Å². The molecule has 9 heteroatoms. The van der Waals surface area contributed by atoms with Crippen LogP contribution in [0, 0.1) is 0 Å². The molecule has 0 radical (unpaired) electrons. The van der Waals surface area contributed by atoms with E-state index in [1.807, 2.05) is 0 Å². The molecule has 2 aliphatic heterocycles. The van der Waals surface area contributed by atoms with Gasteiger partial charge in [-0.1, -0.05) is 12.5 Å². The number of hydrogen-bond acceptors (Lipinski definition) is 6. The normalized spacial score (nSPS) is 18.9. The Morgan fingerprint density at radius 3 is 2.64 bits per heavy atom. The number of nitrogens with zero attached hydrogens (tertiary/aromatic N) is 1. The van der Waals surface area contributed by atoms with Crippen LogP contribution in [-0.2, 0) is 14.4 Å². The van der Waals surface area contributed by atoms with Gasteiger partial charge in [0.2, 0.25) is 17.7 Å². The standard InChI is InChI=1S/C19H22N4O5/c20-10-3-1-2-7-14(24)21-12-6-4-5-11-16(12)19(28)23(18(11)27)13-8-9-15(25)22-17(13)26/h4-6,13H,1-3,7-10,20H2,(H,21,24)(H,22,25,26)/t13-/m1/s1. The van der Waals surface area contributed by atoms with Crippen molar-refractivity contribution in [3.8, 4) is 0 Å². The second-order valence-electron chi connectivity index (χ2n) is 6.82. The third-order valence-electron chi connectivity index (χ3n) is 4.85. The lowest BCUT2D eigenvalue weighted by Gasteiger charge is -2.27. The molecule has 1 atom stereocenters. The monoisotopic (exact) mass is 386 g/mol. The summed E-state index contributed by atoms with van der Waals surface area (Å²) in [4.78, 5) is 62.2. The molecule has 148 valence electrons. The SMILES string of the molecule is NCCCCCC(=O)Nc1cccc2c1C(=O)N([C@@H]1CCC(=O)NC1=O)C2=O. The molecular weight excluding hydrogens is 364 g/mol. The molecule has 2 aliphatic rings. The van der Waals surface area contributed by atoms with E-state index in [2.05, 4.69) is 10.6 Å². The summed E-state index contributed by atoms with van der Waals surface area (Å²) in [7, 11) is 0. The molecule has 2 heterocycles. The highest BCUT2D eigenvalue weighted by molar-refractivity contribution is 6.26. The lowest BCUT2D eigenvalue weighted by molar-refractivity contribution is -0.136. The van der Waals surface area contributed by atoms with E-state index in [1.165, 1.54) is 6.07 Å². The first-order valence-corrected chi connectivity index (χ1v) is 9.28. The predicted molar refractivity (Wildman–Crippen MR) is 99.3 cm³/mol. The van der Waals surface area contributed by atoms with E-state index in [-0.39, 0.29) is 42.0 Å². The lowest BCUT2D eigenvalue weighted by Crippen LogP contribution is -2.54. The van der Waals surface area contributed by atoms with Crippen molar-refractivity contribution in [3.05, 3.63) is 29.3 Å². The summed E-state index contributed by atoms with van der Waals surface area (Å²) in [5.41, 5.74) is 5.89. The predicted octanol–water partition coefficient (Wildman–Crippen LogP) is 0.545. The molecule has 5 amide bonds. The van der Waals surface area contributed by atoms with Crippen molar-refractivity contribution < 1.29 is 24.0 Å². The minimum atomic E-state index is -1.04. The third-order valence-corrected chi connectivity index (χ3v) is 4.85. The number of piperidine rings is 1. The van der Waals surface area contributed by atoms with E-state index in [0.29, 0.717) is 13.0 Å². The van der Waals surface area contributed by atoms with Crippen molar-refractivity contribution in [2.24, 2.45) is 5.73 Å². The van der Waals surface area contributed by atoms with Crippen molar-refractivity contribution in [2.75, 3.05) is 11.9 Å². The van der Waals surface area contributed by atoms with Crippen LogP contribution >= 0.6 is 0 Å². The van der Waals surface area contributed by atoms with Gasteiger partial charge in [0, 0.05) is 12.8 Å². The van der Waals surface area contributed by atoms with Gasteiger partial charge in [-0.15, -0.1) is 0 Å². The van der Waals surface area contributed by atoms with Crippen LogP contribution in [0.25, 0.3) is 0 Å². The fourth-order valence-corrected chi connectivity index (χ4v) is 3.44. The summed E-state index contributed by atoms with van der Waals surface area (Å²) < 4.78 is 0. The molecule has 1 fully saturated rings. The van der Waals surface area contributed by atoms with E-state index in [1.54, 1.807) is 12.1 Å². The Morgan fingerprint density at radius 2 is 1.93 bits per heavy atom. The van der Waals surface area contributed by atoms with Crippen molar-refractivity contribution in [1.82, 2.24) is 10.2 Å². The molecule has 4 N–H and O–H groups in total. The van der Waals surface area contributed by atoms with Gasteiger partial charge >= 0.3 is 0 Å². The second kappa shape index (κ2) is 8.30. The van der Waals surface area contributed by atoms with Crippen LogP contribution in [0.15, 0.2) is 18.2 Å². The zero-order valence-corrected chi connectivity index (χ0v) is 15.3. The highest BCUT2D eigenvalue weighted by Gasteiger charge is 2.45. The van der Waals surface area contributed by atoms with Gasteiger partial charge in [-0.2, -0.15) is 0 Å². The topological polar surface area (TPSA) is 139 Å². The van der Waals surface area contributed by atoms with Crippen molar-refractivity contribution in [3.63, 3.8) is 0 Å². The van der Waals surface area contributed by atoms with Crippen molar-refractivity contribution in [2.45, 2.75) is 44.6 Å². The Bertz CT molecular complexity index is 851. The number of anilines is 1. The highest BCUT2D eigenvalue weighted by atomic mass is 16.2. The van der Waals surface area contributed by atoms with Gasteiger partial charge in [-0.3, -0.25) is 34.2 Å². The number of nitrogens with two attached hydrogens (primary N) is 1. The molecular formula is C19H22N4O5. The molecule has 0 saturated carbocycles. The number of rotatable bonds is 7. The smallest absolute Gasteiger partial charge is 0.264 e. The fourth-order valence-electron chi connectivity index (χ4n) is 3.44. The van der Waals surface area contributed by atoms with Crippen LogP contribution in [0.4, 0.5) is 5.69 Å². The fraction of sp³-hybridized carbons (Fsp3) is 0.421. The number of benzene rings is 1. The van der Waals surface area contributed by atoms with E-state index in [9.17, 15) is 24.0 Å². The van der Waals surface area contributed by atoms with Crippen LogP contribution in [0.3, 0.4) is 0 Å². The number of fused-ring (bicyclic) bond motifs is 1. The molecule has 28 heavy (non-hydrogen) atoms. The maximum Gasteiger partial charge on any atom is 0.264 e. The first kappa shape index (κ1) is 19.7. The molecule has 0 bridgehead atoms. The van der Waals surface area contributed by atoms with Crippen molar-refractivity contribution in [1.29, 1.82) is 0 Å². The number of imide groups is 2. The number of carbonyl (C=O) groups excluding carboxylic acids is 5. The second-order valence-corrected chi connectivity index (χ2v) is 6.82. The zero-order valence-electron chi connectivity index (χ0n) is 15.3. The van der Waals surface area contributed by atoms with Gasteiger partial charge < -0.3 is 11.1 Å². The van der Waals surface area contributed by atoms with Gasteiger partial charge in [0.05, 0.1) is 16.8 Å². The van der Waals surface area contributed by atoms with Gasteiger partial charge in [0.25, 0.3) is 11.8 Å². The molecule has 0 aromatic heterocycles. The van der Waals surface area contributed by atoms with Crippen LogP contribution in [0.1, 0.15) is 59.2 Å². The van der Waals surface area contributed by atoms with Crippen molar-refractivity contribution >= 4 is 35.2 Å². The number of unbranched alkanes of at least 4 members (excludes halogenated alkanes) is 2. The Morgan fingerprint density at radius 1 is 1.14 bits per heavy atom. The van der Waals surface area contributed by atoms with Crippen LogP contribution in [0.5, 0.6) is 0 Å². The summed E-state index contributed by atoms with van der Waals surface area (Å²) in [5, 5.41) is 4.84. The lowest BCUT2D eigenvalue weighted by atomic mass is 10.0. The zero-order chi connectivity index (χ0) is 20.3.